The Morgan fingerprint density at radius 2 is 1.86 bits per heavy atom. The number of nitrogens with zero attached hydrogens (tertiary/aromatic N) is 1. The summed E-state index contributed by atoms with van der Waals surface area (Å²) in [6.07, 6.45) is 1.83. The van der Waals surface area contributed by atoms with Crippen molar-refractivity contribution in [1.82, 2.24) is 4.90 Å². The van der Waals surface area contributed by atoms with E-state index in [9.17, 15) is 29.7 Å². The summed E-state index contributed by atoms with van der Waals surface area (Å²) in [6, 6.07) is 11.1. The summed E-state index contributed by atoms with van der Waals surface area (Å²) in [7, 11) is 1.11. The van der Waals surface area contributed by atoms with Gasteiger partial charge in [0, 0.05) is 11.3 Å². The molecular formula is C29H33NO7. The van der Waals surface area contributed by atoms with Gasteiger partial charge >= 0.3 is 6.09 Å². The Morgan fingerprint density at radius 3 is 2.51 bits per heavy atom. The van der Waals surface area contributed by atoms with Crippen LogP contribution in [0.4, 0.5) is 4.79 Å². The Balaban J connectivity index is 1.56. The van der Waals surface area contributed by atoms with Crippen LogP contribution in [0.15, 0.2) is 53.1 Å². The standard InChI is InChI=1S/C29H33NO7/c1-4-17-14-21-26(28(35)30(27(21)34)29(36)37-3)22(15-31)25(17)24(33)11-9-16(2)13-18-10-12-23(32)20-8-6-5-7-19(18)20/h5-8,10,12-13,21-22,24,26,31-33H,4,9,11,14-15H2,1-3H3/b16-13+/t21-,22+,24-,26-/m1/s1. The summed E-state index contributed by atoms with van der Waals surface area (Å²) in [5.41, 5.74) is 3.42. The second-order valence-electron chi connectivity index (χ2n) is 9.78. The molecule has 3 amide bonds. The summed E-state index contributed by atoms with van der Waals surface area (Å²) in [5, 5.41) is 33.4. The number of aliphatic hydroxyl groups excluding tert-OH is 2. The van der Waals surface area contributed by atoms with Gasteiger partial charge < -0.3 is 20.1 Å². The van der Waals surface area contributed by atoms with Crippen LogP contribution in [0.2, 0.25) is 0 Å². The molecule has 1 fully saturated rings. The number of phenols is 1. The molecule has 0 bridgehead atoms. The van der Waals surface area contributed by atoms with Crippen molar-refractivity contribution < 1.29 is 34.4 Å². The maximum Gasteiger partial charge on any atom is 0.423 e. The van der Waals surface area contributed by atoms with E-state index in [-0.39, 0.29) is 12.2 Å². The first-order valence-electron chi connectivity index (χ1n) is 12.6. The molecule has 0 spiro atoms. The van der Waals surface area contributed by atoms with Crippen molar-refractivity contribution in [1.29, 1.82) is 0 Å². The lowest BCUT2D eigenvalue weighted by atomic mass is 9.67. The Bertz CT molecular complexity index is 1290. The monoisotopic (exact) mass is 507 g/mol. The van der Waals surface area contributed by atoms with E-state index in [1.807, 2.05) is 50.3 Å². The van der Waals surface area contributed by atoms with Crippen LogP contribution in [0.1, 0.15) is 45.1 Å². The zero-order valence-electron chi connectivity index (χ0n) is 21.3. The van der Waals surface area contributed by atoms with Gasteiger partial charge in [0.15, 0.2) is 0 Å². The number of hydrogen-bond donors (Lipinski definition) is 3. The molecule has 4 rings (SSSR count). The molecule has 1 aliphatic carbocycles. The molecule has 37 heavy (non-hydrogen) atoms. The van der Waals surface area contributed by atoms with Gasteiger partial charge in [-0.25, -0.2) is 4.79 Å². The second-order valence-corrected chi connectivity index (χ2v) is 9.78. The van der Waals surface area contributed by atoms with E-state index in [1.165, 1.54) is 0 Å². The minimum atomic E-state index is -1.02. The van der Waals surface area contributed by atoms with Crippen LogP contribution < -0.4 is 0 Å². The molecule has 1 aliphatic heterocycles. The fourth-order valence-electron chi connectivity index (χ4n) is 5.86. The molecule has 8 nitrogen and oxygen atoms in total. The number of carbonyl (C=O) groups excluding carboxylic acids is 3. The van der Waals surface area contributed by atoms with Crippen molar-refractivity contribution in [2.75, 3.05) is 13.7 Å². The van der Waals surface area contributed by atoms with Crippen molar-refractivity contribution in [3.63, 3.8) is 0 Å². The number of benzene rings is 2. The zero-order chi connectivity index (χ0) is 26.9. The molecule has 8 heteroatoms. The lowest BCUT2D eigenvalue weighted by Gasteiger charge is -2.36. The highest BCUT2D eigenvalue weighted by molar-refractivity contribution is 6.16. The molecular weight excluding hydrogens is 474 g/mol. The third-order valence-corrected chi connectivity index (χ3v) is 7.67. The SMILES string of the molecule is CCC1=C([C@H](O)CC/C(C)=C/c2ccc(O)c3ccccc23)[C@H](CO)[C@@H]2C(=O)N(C(=O)OC)C(=O)[C@@H]2C1. The van der Waals surface area contributed by atoms with E-state index in [0.29, 0.717) is 29.7 Å². The number of ether oxygens (including phenoxy) is 1. The number of carbonyl (C=O) groups is 3. The van der Waals surface area contributed by atoms with Crippen molar-refractivity contribution in [2.24, 2.45) is 17.8 Å². The van der Waals surface area contributed by atoms with Crippen molar-refractivity contribution in [2.45, 2.75) is 45.6 Å². The Kier molecular flexibility index (Phi) is 7.80. The predicted octanol–water partition coefficient (Wildman–Crippen LogP) is 4.18. The van der Waals surface area contributed by atoms with E-state index in [4.69, 9.17) is 0 Å². The molecule has 2 aromatic rings. The highest BCUT2D eigenvalue weighted by Crippen LogP contribution is 2.47. The molecule has 1 saturated heterocycles. The van der Waals surface area contributed by atoms with Gasteiger partial charge in [-0.2, -0.15) is 4.90 Å². The maximum absolute atomic E-state index is 13.0. The number of phenolic OH excluding ortho intramolecular Hbond substituents is 1. The second kappa shape index (κ2) is 10.9. The first-order chi connectivity index (χ1) is 17.7. The van der Waals surface area contributed by atoms with Crippen LogP contribution >= 0.6 is 0 Å². The van der Waals surface area contributed by atoms with Crippen LogP contribution in [-0.4, -0.2) is 57.9 Å². The van der Waals surface area contributed by atoms with Crippen LogP contribution in [-0.2, 0) is 14.3 Å². The van der Waals surface area contributed by atoms with Gasteiger partial charge in [0.05, 0.1) is 31.7 Å². The molecule has 2 aliphatic rings. The molecule has 0 unspecified atom stereocenters. The predicted molar refractivity (Wildman–Crippen MR) is 138 cm³/mol. The third-order valence-electron chi connectivity index (χ3n) is 7.67. The molecule has 0 saturated carbocycles. The fourth-order valence-corrected chi connectivity index (χ4v) is 5.86. The number of allylic oxidation sites excluding steroid dienone is 2. The average Bonchev–Trinajstić information content (AvgIpc) is 3.16. The topological polar surface area (TPSA) is 124 Å². The largest absolute Gasteiger partial charge is 0.507 e. The highest BCUT2D eigenvalue weighted by atomic mass is 16.5. The molecule has 0 aromatic heterocycles. The number of fused-ring (bicyclic) bond motifs is 2. The highest BCUT2D eigenvalue weighted by Gasteiger charge is 2.56. The zero-order valence-corrected chi connectivity index (χ0v) is 21.3. The van der Waals surface area contributed by atoms with E-state index < -0.39 is 48.4 Å². The number of rotatable bonds is 7. The molecule has 2 aromatic carbocycles. The van der Waals surface area contributed by atoms with Gasteiger partial charge in [0.25, 0.3) is 0 Å². The van der Waals surface area contributed by atoms with Crippen LogP contribution in [0.5, 0.6) is 5.75 Å². The summed E-state index contributed by atoms with van der Waals surface area (Å²) < 4.78 is 4.62. The first kappa shape index (κ1) is 26.6. The summed E-state index contributed by atoms with van der Waals surface area (Å²) >= 11 is 0. The number of aliphatic hydroxyl groups is 2. The quantitative estimate of drug-likeness (QED) is 0.379. The normalized spacial score (nSPS) is 23.0. The lowest BCUT2D eigenvalue weighted by Crippen LogP contribution is -2.40. The average molecular weight is 508 g/mol. The van der Waals surface area contributed by atoms with Crippen LogP contribution in [0, 0.1) is 17.8 Å². The van der Waals surface area contributed by atoms with Gasteiger partial charge in [0.1, 0.15) is 5.75 Å². The number of hydrogen-bond acceptors (Lipinski definition) is 7. The Labute approximate surface area is 215 Å². The molecule has 196 valence electrons. The number of imide groups is 3. The van der Waals surface area contributed by atoms with Crippen molar-refractivity contribution in [3.05, 3.63) is 58.7 Å². The smallest absolute Gasteiger partial charge is 0.423 e. The molecule has 0 radical (unpaired) electrons. The summed E-state index contributed by atoms with van der Waals surface area (Å²) in [4.78, 5) is 38.5. The maximum atomic E-state index is 13.0. The third kappa shape index (κ3) is 4.79. The van der Waals surface area contributed by atoms with Crippen molar-refractivity contribution >= 4 is 34.8 Å². The molecule has 4 atom stereocenters. The van der Waals surface area contributed by atoms with E-state index >= 15 is 0 Å². The summed E-state index contributed by atoms with van der Waals surface area (Å²) in [5.74, 6) is -3.48. The van der Waals surface area contributed by atoms with Gasteiger partial charge in [0.2, 0.25) is 11.8 Å². The minimum absolute atomic E-state index is 0.219. The van der Waals surface area contributed by atoms with Crippen LogP contribution in [0.25, 0.3) is 16.8 Å². The molecule has 1 heterocycles. The fraction of sp³-hybridized carbons (Fsp3) is 0.414. The number of aromatic hydroxyl groups is 1. The molecule has 3 N–H and O–H groups in total. The summed E-state index contributed by atoms with van der Waals surface area (Å²) in [6.45, 7) is 3.47. The lowest BCUT2D eigenvalue weighted by molar-refractivity contribution is -0.137. The van der Waals surface area contributed by atoms with Gasteiger partial charge in [-0.3, -0.25) is 9.59 Å². The number of methoxy groups -OCH3 is 1. The van der Waals surface area contributed by atoms with Crippen LogP contribution in [0.3, 0.4) is 0 Å². The van der Waals surface area contributed by atoms with Gasteiger partial charge in [-0.15, -0.1) is 0 Å². The van der Waals surface area contributed by atoms with Gasteiger partial charge in [-0.05, 0) is 55.2 Å². The minimum Gasteiger partial charge on any atom is -0.507 e. The van der Waals surface area contributed by atoms with E-state index in [1.54, 1.807) is 6.07 Å². The van der Waals surface area contributed by atoms with E-state index in [0.717, 1.165) is 34.6 Å². The van der Waals surface area contributed by atoms with Gasteiger partial charge in [-0.1, -0.05) is 54.5 Å². The number of likely N-dealkylation sites (tertiary alicyclic amines) is 1. The Hall–Kier alpha value is -3.49. The first-order valence-corrected chi connectivity index (χ1v) is 12.6. The van der Waals surface area contributed by atoms with E-state index in [2.05, 4.69) is 4.74 Å². The number of amides is 3. The van der Waals surface area contributed by atoms with Crippen molar-refractivity contribution in [3.8, 4) is 5.75 Å². The Morgan fingerprint density at radius 1 is 1.16 bits per heavy atom.